The van der Waals surface area contributed by atoms with E-state index in [1.807, 2.05) is 0 Å². The maximum atomic E-state index is 5.44. The van der Waals surface area contributed by atoms with Crippen molar-refractivity contribution in [2.24, 2.45) is 5.73 Å². The van der Waals surface area contributed by atoms with E-state index in [2.05, 4.69) is 11.9 Å². The van der Waals surface area contributed by atoms with Gasteiger partial charge in [0, 0.05) is 12.1 Å². The average Bonchev–Trinajstić information content (AvgIpc) is 2.22. The number of nitrogens with one attached hydrogen (secondary N) is 1. The summed E-state index contributed by atoms with van der Waals surface area (Å²) < 4.78 is 0. The van der Waals surface area contributed by atoms with Gasteiger partial charge in [0.25, 0.3) is 0 Å². The van der Waals surface area contributed by atoms with Gasteiger partial charge in [0.15, 0.2) is 0 Å². The first-order chi connectivity index (χ1) is 3.34. The van der Waals surface area contributed by atoms with Gasteiger partial charge in [-0.2, -0.15) is 0 Å². The van der Waals surface area contributed by atoms with E-state index >= 15 is 0 Å². The van der Waals surface area contributed by atoms with Gasteiger partial charge in [0.1, 0.15) is 0 Å². The summed E-state index contributed by atoms with van der Waals surface area (Å²) in [4.78, 5) is 0. The second-order valence-corrected chi connectivity index (χ2v) is 1.88. The van der Waals surface area contributed by atoms with Crippen LogP contribution >= 0.6 is 0 Å². The molecule has 7 heavy (non-hydrogen) atoms. The molecule has 2 unspecified atom stereocenters. The lowest BCUT2D eigenvalue weighted by Crippen LogP contribution is -2.16. The van der Waals surface area contributed by atoms with E-state index in [9.17, 15) is 0 Å². The Hall–Kier alpha value is -0.500. The summed E-state index contributed by atoms with van der Waals surface area (Å²) in [5, 5.41) is 3.01. The van der Waals surface area contributed by atoms with Crippen molar-refractivity contribution >= 4 is 0 Å². The van der Waals surface area contributed by atoms with Crippen molar-refractivity contribution in [2.45, 2.75) is 18.5 Å². The molecule has 1 aliphatic rings. The molecule has 1 saturated carbocycles. The molecular weight excluding hydrogens is 88.1 g/mol. The molecule has 0 radical (unpaired) electrons. The maximum Gasteiger partial charge on any atom is 0.0423 e. The Bertz CT molecular complexity index is 80.1. The molecule has 0 amide bonds. The molecule has 0 spiro atoms. The fourth-order valence-corrected chi connectivity index (χ4v) is 0.558. The highest BCUT2D eigenvalue weighted by molar-refractivity contribution is 4.99. The van der Waals surface area contributed by atoms with Crippen LogP contribution in [-0.2, 0) is 0 Å². The van der Waals surface area contributed by atoms with Gasteiger partial charge in [-0.05, 0) is 12.6 Å². The molecule has 0 heterocycles. The molecular formula is C5H10N2. The molecule has 0 bridgehead atoms. The number of nitrogens with two attached hydrogens (primary N) is 1. The van der Waals surface area contributed by atoms with Crippen LogP contribution < -0.4 is 11.1 Å². The van der Waals surface area contributed by atoms with Gasteiger partial charge in [0.05, 0.1) is 0 Å². The van der Waals surface area contributed by atoms with Crippen LogP contribution in [-0.4, -0.2) is 12.1 Å². The summed E-state index contributed by atoms with van der Waals surface area (Å²) in [5.41, 5.74) is 5.44. The lowest BCUT2D eigenvalue weighted by molar-refractivity contribution is 0.822. The van der Waals surface area contributed by atoms with Crippen LogP contribution in [0, 0.1) is 0 Å². The largest absolute Gasteiger partial charge is 0.387 e. The van der Waals surface area contributed by atoms with E-state index in [1.165, 1.54) is 0 Å². The Morgan fingerprint density at radius 1 is 1.86 bits per heavy atom. The lowest BCUT2D eigenvalue weighted by atomic mass is 10.6. The highest BCUT2D eigenvalue weighted by atomic mass is 15.0. The first-order valence-corrected chi connectivity index (χ1v) is 2.47. The summed E-state index contributed by atoms with van der Waals surface area (Å²) >= 11 is 0. The van der Waals surface area contributed by atoms with Gasteiger partial charge in [-0.3, -0.25) is 0 Å². The second-order valence-electron chi connectivity index (χ2n) is 1.88. The average molecular weight is 98.1 g/mol. The van der Waals surface area contributed by atoms with E-state index in [4.69, 9.17) is 5.73 Å². The number of hydrogen-bond donors (Lipinski definition) is 2. The van der Waals surface area contributed by atoms with Crippen LogP contribution in [0.4, 0.5) is 0 Å². The summed E-state index contributed by atoms with van der Waals surface area (Å²) in [6.45, 7) is 3.51. The third-order valence-electron chi connectivity index (χ3n) is 1.17. The molecule has 2 atom stereocenters. The smallest absolute Gasteiger partial charge is 0.0423 e. The van der Waals surface area contributed by atoms with Crippen molar-refractivity contribution in [3.8, 4) is 0 Å². The molecule has 40 valence electrons. The first-order valence-electron chi connectivity index (χ1n) is 2.47. The zero-order valence-electron chi connectivity index (χ0n) is 4.22. The third kappa shape index (κ3) is 0.933. The molecule has 0 aromatic heterocycles. The summed E-state index contributed by atoms with van der Waals surface area (Å²) in [6.07, 6.45) is 2.80. The van der Waals surface area contributed by atoms with Crippen LogP contribution in [0.15, 0.2) is 12.8 Å². The van der Waals surface area contributed by atoms with E-state index in [-0.39, 0.29) is 0 Å². The normalized spacial score (nSPS) is 37.3. The fraction of sp³-hybridized carbons (Fsp3) is 0.600. The SMILES string of the molecule is C=CNC1CC1N. The van der Waals surface area contributed by atoms with Crippen LogP contribution in [0.1, 0.15) is 6.42 Å². The predicted molar refractivity (Wildman–Crippen MR) is 29.7 cm³/mol. The topological polar surface area (TPSA) is 38.0 Å². The quantitative estimate of drug-likeness (QED) is 0.502. The van der Waals surface area contributed by atoms with E-state index in [1.54, 1.807) is 6.20 Å². The molecule has 0 aliphatic heterocycles. The first kappa shape index (κ1) is 4.65. The van der Waals surface area contributed by atoms with Crippen molar-refractivity contribution in [3.63, 3.8) is 0 Å². The van der Waals surface area contributed by atoms with Crippen LogP contribution in [0.2, 0.25) is 0 Å². The van der Waals surface area contributed by atoms with E-state index < -0.39 is 0 Å². The molecule has 2 heteroatoms. The maximum absolute atomic E-state index is 5.44. The monoisotopic (exact) mass is 98.1 g/mol. The zero-order chi connectivity index (χ0) is 5.28. The van der Waals surface area contributed by atoms with Crippen LogP contribution in [0.3, 0.4) is 0 Å². The molecule has 2 nitrogen and oxygen atoms in total. The van der Waals surface area contributed by atoms with Gasteiger partial charge in [-0.25, -0.2) is 0 Å². The summed E-state index contributed by atoms with van der Waals surface area (Å²) in [6, 6.07) is 0.912. The minimum atomic E-state index is 0.387. The van der Waals surface area contributed by atoms with Crippen molar-refractivity contribution < 1.29 is 0 Å². The van der Waals surface area contributed by atoms with Crippen molar-refractivity contribution in [3.05, 3.63) is 12.8 Å². The minimum Gasteiger partial charge on any atom is -0.387 e. The minimum absolute atomic E-state index is 0.387. The van der Waals surface area contributed by atoms with Crippen LogP contribution in [0.5, 0.6) is 0 Å². The fourth-order valence-electron chi connectivity index (χ4n) is 0.558. The highest BCUT2D eigenvalue weighted by Gasteiger charge is 2.31. The Labute approximate surface area is 43.4 Å². The van der Waals surface area contributed by atoms with Gasteiger partial charge >= 0.3 is 0 Å². The van der Waals surface area contributed by atoms with Crippen molar-refractivity contribution in [1.29, 1.82) is 0 Å². The predicted octanol–water partition coefficient (Wildman–Crippen LogP) is -0.181. The third-order valence-corrected chi connectivity index (χ3v) is 1.17. The number of rotatable bonds is 2. The number of hydrogen-bond acceptors (Lipinski definition) is 2. The highest BCUT2D eigenvalue weighted by Crippen LogP contribution is 2.16. The summed E-state index contributed by atoms with van der Waals surface area (Å²) in [7, 11) is 0. The molecule has 1 fully saturated rings. The van der Waals surface area contributed by atoms with Crippen molar-refractivity contribution in [2.75, 3.05) is 0 Å². The second kappa shape index (κ2) is 1.54. The Morgan fingerprint density at radius 3 is 2.57 bits per heavy atom. The van der Waals surface area contributed by atoms with Gasteiger partial charge < -0.3 is 11.1 Å². The lowest BCUT2D eigenvalue weighted by Gasteiger charge is -1.90. The molecule has 0 aromatic carbocycles. The Kier molecular flexibility index (Phi) is 1.02. The molecule has 1 rings (SSSR count). The molecule has 1 aliphatic carbocycles. The molecule has 0 aromatic rings. The van der Waals surface area contributed by atoms with Crippen molar-refractivity contribution in [1.82, 2.24) is 5.32 Å². The van der Waals surface area contributed by atoms with Crippen LogP contribution in [0.25, 0.3) is 0 Å². The molecule has 3 N–H and O–H groups in total. The Balaban J connectivity index is 2.08. The van der Waals surface area contributed by atoms with E-state index in [0.717, 1.165) is 6.42 Å². The standard InChI is InChI=1S/C5H10N2/c1-2-7-5-3-4(5)6/h2,4-5,7H,1,3,6H2. The molecule has 0 saturated heterocycles. The summed E-state index contributed by atoms with van der Waals surface area (Å²) in [5.74, 6) is 0. The van der Waals surface area contributed by atoms with E-state index in [0.29, 0.717) is 12.1 Å². The van der Waals surface area contributed by atoms with Gasteiger partial charge in [-0.15, -0.1) is 0 Å². The zero-order valence-corrected chi connectivity index (χ0v) is 4.22. The van der Waals surface area contributed by atoms with Gasteiger partial charge in [0.2, 0.25) is 0 Å². The Morgan fingerprint density at radius 2 is 2.43 bits per heavy atom. The van der Waals surface area contributed by atoms with Gasteiger partial charge in [-0.1, -0.05) is 6.58 Å².